The van der Waals surface area contributed by atoms with Crippen LogP contribution in [0.25, 0.3) is 11.1 Å². The Kier molecular flexibility index (Phi) is 5.71. The first-order valence-electron chi connectivity index (χ1n) is 8.38. The van der Waals surface area contributed by atoms with Gasteiger partial charge >= 0.3 is 6.61 Å². The zero-order valence-electron chi connectivity index (χ0n) is 13.7. The second-order valence-corrected chi connectivity index (χ2v) is 6.14. The van der Waals surface area contributed by atoms with E-state index >= 15 is 0 Å². The van der Waals surface area contributed by atoms with E-state index in [4.69, 9.17) is 0 Å². The van der Waals surface area contributed by atoms with E-state index < -0.39 is 12.7 Å². The molecule has 1 N–H and O–H groups in total. The van der Waals surface area contributed by atoms with Gasteiger partial charge in [-0.1, -0.05) is 30.3 Å². The van der Waals surface area contributed by atoms with Gasteiger partial charge in [0.25, 0.3) is 5.91 Å². The Hall–Kier alpha value is -2.34. The van der Waals surface area contributed by atoms with Gasteiger partial charge in [0.2, 0.25) is 0 Å². The van der Waals surface area contributed by atoms with Gasteiger partial charge in [-0.2, -0.15) is 8.78 Å². The monoisotopic (exact) mass is 346 g/mol. The number of nitrogens with one attached hydrogen (secondary N) is 1. The van der Waals surface area contributed by atoms with Crippen LogP contribution in [-0.4, -0.2) is 29.6 Å². The molecular formula is C19H20F2N2O2. The van der Waals surface area contributed by atoms with Crippen LogP contribution in [0.1, 0.15) is 36.2 Å². The highest BCUT2D eigenvalue weighted by Crippen LogP contribution is 2.23. The molecule has 0 bridgehead atoms. The molecular weight excluding hydrogens is 326 g/mol. The van der Waals surface area contributed by atoms with Gasteiger partial charge in [-0.3, -0.25) is 9.78 Å². The third kappa shape index (κ3) is 4.82. The Morgan fingerprint density at radius 3 is 2.48 bits per heavy atom. The summed E-state index contributed by atoms with van der Waals surface area (Å²) in [5.74, 6) is -0.240. The van der Waals surface area contributed by atoms with Gasteiger partial charge in [0.1, 0.15) is 5.69 Å². The van der Waals surface area contributed by atoms with Crippen molar-refractivity contribution in [1.29, 1.82) is 0 Å². The smallest absolute Gasteiger partial charge is 0.345 e. The number of carbonyl (C=O) groups excluding carboxylic acids is 1. The molecule has 1 heterocycles. The van der Waals surface area contributed by atoms with Crippen molar-refractivity contribution in [2.45, 2.75) is 44.4 Å². The van der Waals surface area contributed by atoms with Crippen molar-refractivity contribution in [2.75, 3.05) is 0 Å². The van der Waals surface area contributed by atoms with Crippen LogP contribution in [0.3, 0.4) is 0 Å². The number of carbonyl (C=O) groups is 1. The quantitative estimate of drug-likeness (QED) is 0.889. The number of pyridine rings is 1. The number of nitrogens with zero attached hydrogens (tertiary/aromatic N) is 1. The zero-order chi connectivity index (χ0) is 17.6. The summed E-state index contributed by atoms with van der Waals surface area (Å²) < 4.78 is 29.0. The van der Waals surface area contributed by atoms with E-state index in [9.17, 15) is 13.6 Å². The summed E-state index contributed by atoms with van der Waals surface area (Å²) in [5.41, 5.74) is 2.30. The maximum Gasteiger partial charge on any atom is 0.345 e. The van der Waals surface area contributed by atoms with Crippen LogP contribution < -0.4 is 5.32 Å². The summed E-state index contributed by atoms with van der Waals surface area (Å²) in [4.78, 5) is 16.6. The number of ether oxygens (including phenoxy) is 1. The predicted molar refractivity (Wildman–Crippen MR) is 90.3 cm³/mol. The molecule has 1 aromatic carbocycles. The molecule has 25 heavy (non-hydrogen) atoms. The summed E-state index contributed by atoms with van der Waals surface area (Å²) in [6, 6.07) is 13.3. The molecule has 6 heteroatoms. The Balaban J connectivity index is 1.59. The lowest BCUT2D eigenvalue weighted by Crippen LogP contribution is -2.39. The number of alkyl halides is 2. The van der Waals surface area contributed by atoms with E-state index in [1.54, 1.807) is 12.3 Å². The number of aromatic nitrogens is 1. The molecule has 0 radical (unpaired) electrons. The Morgan fingerprint density at radius 1 is 1.08 bits per heavy atom. The Bertz CT molecular complexity index is 702. The fraction of sp³-hybridized carbons (Fsp3) is 0.368. The maximum atomic E-state index is 12.4. The van der Waals surface area contributed by atoms with Crippen LogP contribution >= 0.6 is 0 Å². The molecule has 1 amide bonds. The molecule has 1 aliphatic rings. The minimum Gasteiger partial charge on any atom is -0.348 e. The molecule has 1 fully saturated rings. The summed E-state index contributed by atoms with van der Waals surface area (Å²) in [6.45, 7) is -2.74. The summed E-state index contributed by atoms with van der Waals surface area (Å²) >= 11 is 0. The SMILES string of the molecule is O=C(NC1CCC(OC(F)F)CC1)c1cc(-c2ccccc2)ccn1. The minimum absolute atomic E-state index is 0.0350. The van der Waals surface area contributed by atoms with Crippen molar-refractivity contribution in [3.8, 4) is 11.1 Å². The van der Waals surface area contributed by atoms with Gasteiger partial charge in [-0.05, 0) is 48.9 Å². The highest BCUT2D eigenvalue weighted by molar-refractivity contribution is 5.93. The van der Waals surface area contributed by atoms with E-state index in [2.05, 4.69) is 15.0 Å². The number of amides is 1. The number of rotatable bonds is 5. The average Bonchev–Trinajstić information content (AvgIpc) is 2.64. The van der Waals surface area contributed by atoms with Gasteiger partial charge in [0.15, 0.2) is 0 Å². The van der Waals surface area contributed by atoms with Crippen LogP contribution in [0, 0.1) is 0 Å². The molecule has 0 atom stereocenters. The van der Waals surface area contributed by atoms with Gasteiger partial charge in [-0.15, -0.1) is 0 Å². The third-order valence-corrected chi connectivity index (χ3v) is 4.40. The highest BCUT2D eigenvalue weighted by Gasteiger charge is 2.25. The first-order chi connectivity index (χ1) is 12.1. The molecule has 0 unspecified atom stereocenters. The van der Waals surface area contributed by atoms with Crippen LogP contribution in [-0.2, 0) is 4.74 Å². The second kappa shape index (κ2) is 8.16. The standard InChI is InChI=1S/C19H20F2N2O2/c20-19(21)25-16-8-6-15(7-9-16)23-18(24)17-12-14(10-11-22-17)13-4-2-1-3-5-13/h1-5,10-12,15-16,19H,6-9H2,(H,23,24). The number of hydrogen-bond donors (Lipinski definition) is 1. The molecule has 132 valence electrons. The van der Waals surface area contributed by atoms with E-state index in [-0.39, 0.29) is 11.9 Å². The molecule has 0 spiro atoms. The number of hydrogen-bond acceptors (Lipinski definition) is 3. The summed E-state index contributed by atoms with van der Waals surface area (Å²) in [5, 5.41) is 2.94. The van der Waals surface area contributed by atoms with Gasteiger partial charge < -0.3 is 10.1 Å². The van der Waals surface area contributed by atoms with E-state index in [1.807, 2.05) is 36.4 Å². The molecule has 0 saturated heterocycles. The van der Waals surface area contributed by atoms with Gasteiger partial charge in [0.05, 0.1) is 6.10 Å². The molecule has 4 nitrogen and oxygen atoms in total. The number of halogens is 2. The van der Waals surface area contributed by atoms with Crippen LogP contribution in [0.5, 0.6) is 0 Å². The molecule has 1 aliphatic carbocycles. The molecule has 3 rings (SSSR count). The van der Waals surface area contributed by atoms with Crippen molar-refractivity contribution in [3.63, 3.8) is 0 Å². The average molecular weight is 346 g/mol. The topological polar surface area (TPSA) is 51.2 Å². The molecule has 2 aromatic rings. The zero-order valence-corrected chi connectivity index (χ0v) is 13.7. The summed E-state index contributed by atoms with van der Waals surface area (Å²) in [7, 11) is 0. The minimum atomic E-state index is -2.74. The normalized spacial score (nSPS) is 20.4. The highest BCUT2D eigenvalue weighted by atomic mass is 19.3. The Morgan fingerprint density at radius 2 is 1.80 bits per heavy atom. The van der Waals surface area contributed by atoms with Crippen molar-refractivity contribution < 1.29 is 18.3 Å². The van der Waals surface area contributed by atoms with E-state index in [1.165, 1.54) is 0 Å². The molecule has 1 saturated carbocycles. The predicted octanol–water partition coefficient (Wildman–Crippen LogP) is 4.03. The van der Waals surface area contributed by atoms with E-state index in [0.717, 1.165) is 11.1 Å². The lowest BCUT2D eigenvalue weighted by molar-refractivity contribution is -0.170. The first-order valence-corrected chi connectivity index (χ1v) is 8.38. The number of benzene rings is 1. The van der Waals surface area contributed by atoms with Crippen molar-refractivity contribution in [1.82, 2.24) is 10.3 Å². The van der Waals surface area contributed by atoms with Crippen molar-refractivity contribution in [3.05, 3.63) is 54.4 Å². The largest absolute Gasteiger partial charge is 0.348 e. The van der Waals surface area contributed by atoms with Crippen molar-refractivity contribution in [2.24, 2.45) is 0 Å². The van der Waals surface area contributed by atoms with Crippen molar-refractivity contribution >= 4 is 5.91 Å². The van der Waals surface area contributed by atoms with Crippen LogP contribution in [0.4, 0.5) is 8.78 Å². The lowest BCUT2D eigenvalue weighted by Gasteiger charge is -2.28. The second-order valence-electron chi connectivity index (χ2n) is 6.14. The molecule has 0 aliphatic heterocycles. The fourth-order valence-corrected chi connectivity index (χ4v) is 3.11. The lowest BCUT2D eigenvalue weighted by atomic mass is 9.93. The van der Waals surface area contributed by atoms with E-state index in [0.29, 0.717) is 31.4 Å². The third-order valence-electron chi connectivity index (χ3n) is 4.40. The molecule has 1 aromatic heterocycles. The van der Waals surface area contributed by atoms with Crippen LogP contribution in [0.2, 0.25) is 0 Å². The first kappa shape index (κ1) is 17.5. The van der Waals surface area contributed by atoms with Gasteiger partial charge in [0, 0.05) is 12.2 Å². The maximum absolute atomic E-state index is 12.4. The fourth-order valence-electron chi connectivity index (χ4n) is 3.11. The Labute approximate surface area is 145 Å². The summed E-state index contributed by atoms with van der Waals surface area (Å²) in [6.07, 6.45) is 3.49. The van der Waals surface area contributed by atoms with Gasteiger partial charge in [-0.25, -0.2) is 0 Å². The van der Waals surface area contributed by atoms with Crippen LogP contribution in [0.15, 0.2) is 48.7 Å².